The molecule has 0 radical (unpaired) electrons. The number of halogens is 2. The molecule has 1 heterocycles. The van der Waals surface area contributed by atoms with E-state index in [2.05, 4.69) is 21.2 Å². The largest absolute Gasteiger partial charge is 0.457 e. The standard InChI is InChI=1S/C20H12BrClN2O2/c21-15-3-1-13(2-4-15)19-10-9-18(26-19)11-14(12-23)20(25)24-17-7-5-16(22)6-8-17/h1-11H,(H,24,25)/b14-11-. The Kier molecular flexibility index (Phi) is 5.57. The monoisotopic (exact) mass is 426 g/mol. The molecule has 1 N–H and O–H groups in total. The molecule has 6 heteroatoms. The number of hydrogen-bond donors (Lipinski definition) is 1. The molecule has 2 aromatic carbocycles. The molecule has 0 aliphatic heterocycles. The van der Waals surface area contributed by atoms with Crippen molar-refractivity contribution in [2.45, 2.75) is 0 Å². The Balaban J connectivity index is 1.78. The Morgan fingerprint density at radius 2 is 1.77 bits per heavy atom. The van der Waals surface area contributed by atoms with Gasteiger partial charge in [0.1, 0.15) is 23.2 Å². The van der Waals surface area contributed by atoms with Crippen LogP contribution in [0.15, 0.2) is 75.1 Å². The van der Waals surface area contributed by atoms with Gasteiger partial charge in [-0.15, -0.1) is 0 Å². The third kappa shape index (κ3) is 4.42. The molecule has 4 nitrogen and oxygen atoms in total. The number of amides is 1. The van der Waals surface area contributed by atoms with Crippen LogP contribution in [0.25, 0.3) is 17.4 Å². The van der Waals surface area contributed by atoms with Gasteiger partial charge >= 0.3 is 0 Å². The highest BCUT2D eigenvalue weighted by Crippen LogP contribution is 2.25. The number of furan rings is 1. The number of carbonyl (C=O) groups is 1. The quantitative estimate of drug-likeness (QED) is 0.416. The maximum Gasteiger partial charge on any atom is 0.266 e. The lowest BCUT2D eigenvalue weighted by molar-refractivity contribution is -0.112. The predicted molar refractivity (Wildman–Crippen MR) is 106 cm³/mol. The second-order valence-corrected chi connectivity index (χ2v) is 6.69. The van der Waals surface area contributed by atoms with Gasteiger partial charge in [0.2, 0.25) is 0 Å². The zero-order chi connectivity index (χ0) is 18.5. The molecule has 0 saturated carbocycles. The Bertz CT molecular complexity index is 1000. The molecule has 1 aromatic heterocycles. The van der Waals surface area contributed by atoms with Gasteiger partial charge in [-0.3, -0.25) is 4.79 Å². The van der Waals surface area contributed by atoms with E-state index in [1.165, 1.54) is 6.08 Å². The Morgan fingerprint density at radius 1 is 1.08 bits per heavy atom. The fraction of sp³-hybridized carbons (Fsp3) is 0. The van der Waals surface area contributed by atoms with Crippen molar-refractivity contribution < 1.29 is 9.21 Å². The van der Waals surface area contributed by atoms with Crippen LogP contribution in [-0.4, -0.2) is 5.91 Å². The number of hydrogen-bond acceptors (Lipinski definition) is 3. The highest BCUT2D eigenvalue weighted by atomic mass is 79.9. The molecule has 3 rings (SSSR count). The summed E-state index contributed by atoms with van der Waals surface area (Å²) < 4.78 is 6.69. The van der Waals surface area contributed by atoms with E-state index in [0.717, 1.165) is 10.0 Å². The van der Waals surface area contributed by atoms with E-state index in [0.29, 0.717) is 22.2 Å². The van der Waals surface area contributed by atoms with Crippen LogP contribution < -0.4 is 5.32 Å². The summed E-state index contributed by atoms with van der Waals surface area (Å²) in [5.74, 6) is 0.557. The first-order valence-electron chi connectivity index (χ1n) is 7.59. The number of nitrogens with zero attached hydrogens (tertiary/aromatic N) is 1. The maximum absolute atomic E-state index is 12.3. The van der Waals surface area contributed by atoms with Gasteiger partial charge in [-0.2, -0.15) is 5.26 Å². The van der Waals surface area contributed by atoms with Crippen molar-refractivity contribution >= 4 is 45.2 Å². The highest BCUT2D eigenvalue weighted by Gasteiger charge is 2.11. The average molecular weight is 428 g/mol. The maximum atomic E-state index is 12.3. The number of nitriles is 1. The van der Waals surface area contributed by atoms with Gasteiger partial charge in [-0.05, 0) is 48.5 Å². The third-order valence-corrected chi connectivity index (χ3v) is 4.29. The van der Waals surface area contributed by atoms with Crippen LogP contribution in [0, 0.1) is 11.3 Å². The third-order valence-electron chi connectivity index (χ3n) is 3.51. The van der Waals surface area contributed by atoms with E-state index in [-0.39, 0.29) is 5.57 Å². The summed E-state index contributed by atoms with van der Waals surface area (Å²) in [4.78, 5) is 12.3. The van der Waals surface area contributed by atoms with Crippen molar-refractivity contribution in [1.82, 2.24) is 0 Å². The number of anilines is 1. The second kappa shape index (κ2) is 8.05. The van der Waals surface area contributed by atoms with Gasteiger partial charge in [-0.1, -0.05) is 39.7 Å². The van der Waals surface area contributed by atoms with Crippen LogP contribution in [-0.2, 0) is 4.79 Å². The Morgan fingerprint density at radius 3 is 2.42 bits per heavy atom. The number of nitrogens with one attached hydrogen (secondary N) is 1. The van der Waals surface area contributed by atoms with Crippen molar-refractivity contribution in [3.8, 4) is 17.4 Å². The van der Waals surface area contributed by atoms with Gasteiger partial charge in [0.05, 0.1) is 0 Å². The molecular weight excluding hydrogens is 416 g/mol. The molecule has 0 spiro atoms. The summed E-state index contributed by atoms with van der Waals surface area (Å²) in [6, 6.07) is 19.7. The molecule has 0 aliphatic rings. The molecule has 0 aliphatic carbocycles. The molecule has 128 valence electrons. The van der Waals surface area contributed by atoms with Gasteiger partial charge in [-0.25, -0.2) is 0 Å². The van der Waals surface area contributed by atoms with Crippen LogP contribution >= 0.6 is 27.5 Å². The van der Waals surface area contributed by atoms with Crippen molar-refractivity contribution in [3.05, 3.63) is 81.5 Å². The summed E-state index contributed by atoms with van der Waals surface area (Å²) in [6.45, 7) is 0. The van der Waals surface area contributed by atoms with E-state index >= 15 is 0 Å². The first-order chi connectivity index (χ1) is 12.5. The SMILES string of the molecule is N#C/C(=C/c1ccc(-c2ccc(Br)cc2)o1)C(=O)Nc1ccc(Cl)cc1. The summed E-state index contributed by atoms with van der Waals surface area (Å²) in [5.41, 5.74) is 1.39. The van der Waals surface area contributed by atoms with E-state index in [9.17, 15) is 10.1 Å². The fourth-order valence-corrected chi connectivity index (χ4v) is 2.61. The molecule has 26 heavy (non-hydrogen) atoms. The van der Waals surface area contributed by atoms with Gasteiger partial charge in [0.25, 0.3) is 5.91 Å². The minimum absolute atomic E-state index is 0.0587. The van der Waals surface area contributed by atoms with Crippen molar-refractivity contribution in [2.75, 3.05) is 5.32 Å². The van der Waals surface area contributed by atoms with Gasteiger partial charge in [0.15, 0.2) is 0 Å². The van der Waals surface area contributed by atoms with Crippen molar-refractivity contribution in [3.63, 3.8) is 0 Å². The van der Waals surface area contributed by atoms with Crippen LogP contribution in [0.2, 0.25) is 5.02 Å². The lowest BCUT2D eigenvalue weighted by atomic mass is 10.2. The smallest absolute Gasteiger partial charge is 0.266 e. The molecule has 0 fully saturated rings. The van der Waals surface area contributed by atoms with E-state index in [1.807, 2.05) is 30.3 Å². The fourth-order valence-electron chi connectivity index (χ4n) is 2.22. The van der Waals surface area contributed by atoms with Crippen LogP contribution in [0.3, 0.4) is 0 Å². The number of rotatable bonds is 4. The van der Waals surface area contributed by atoms with E-state index in [1.54, 1.807) is 36.4 Å². The van der Waals surface area contributed by atoms with Gasteiger partial charge in [0, 0.05) is 26.8 Å². The zero-order valence-corrected chi connectivity index (χ0v) is 15.7. The van der Waals surface area contributed by atoms with Crippen LogP contribution in [0.5, 0.6) is 0 Å². The average Bonchev–Trinajstić information content (AvgIpc) is 3.11. The summed E-state index contributed by atoms with van der Waals surface area (Å²) in [5, 5.41) is 12.5. The lowest BCUT2D eigenvalue weighted by Gasteiger charge is -2.03. The number of benzene rings is 2. The summed E-state index contributed by atoms with van der Waals surface area (Å²) in [7, 11) is 0. The normalized spacial score (nSPS) is 11.0. The topological polar surface area (TPSA) is 66.0 Å². The first kappa shape index (κ1) is 18.0. The highest BCUT2D eigenvalue weighted by molar-refractivity contribution is 9.10. The van der Waals surface area contributed by atoms with E-state index < -0.39 is 5.91 Å². The number of carbonyl (C=O) groups excluding carboxylic acids is 1. The minimum atomic E-state index is -0.517. The van der Waals surface area contributed by atoms with Crippen LogP contribution in [0.1, 0.15) is 5.76 Å². The van der Waals surface area contributed by atoms with Crippen molar-refractivity contribution in [2.24, 2.45) is 0 Å². The summed E-state index contributed by atoms with van der Waals surface area (Å²) >= 11 is 9.20. The molecule has 0 saturated heterocycles. The molecule has 1 amide bonds. The Hall–Kier alpha value is -2.81. The first-order valence-corrected chi connectivity index (χ1v) is 8.77. The predicted octanol–water partition coefficient (Wildman–Crippen LogP) is 5.91. The summed E-state index contributed by atoms with van der Waals surface area (Å²) in [6.07, 6.45) is 1.41. The molecule has 0 bridgehead atoms. The molecule has 0 unspecified atom stereocenters. The van der Waals surface area contributed by atoms with Crippen molar-refractivity contribution in [1.29, 1.82) is 5.26 Å². The Labute approximate surface area is 163 Å². The van der Waals surface area contributed by atoms with Gasteiger partial charge < -0.3 is 9.73 Å². The second-order valence-electron chi connectivity index (χ2n) is 5.34. The molecular formula is C20H12BrClN2O2. The molecule has 0 atom stereocenters. The van der Waals surface area contributed by atoms with Crippen LogP contribution in [0.4, 0.5) is 5.69 Å². The zero-order valence-electron chi connectivity index (χ0n) is 13.4. The minimum Gasteiger partial charge on any atom is -0.457 e. The van der Waals surface area contributed by atoms with E-state index in [4.69, 9.17) is 16.0 Å². The molecule has 3 aromatic rings. The lowest BCUT2D eigenvalue weighted by Crippen LogP contribution is -2.13.